The molecule has 2 aromatic rings. The van der Waals surface area contributed by atoms with Crippen LogP contribution in [-0.2, 0) is 6.42 Å². The van der Waals surface area contributed by atoms with Crippen molar-refractivity contribution in [2.45, 2.75) is 6.42 Å². The van der Waals surface area contributed by atoms with E-state index in [-0.39, 0.29) is 17.2 Å². The standard InChI is InChI=1S/C12H8ClFO2/c13-10-2-1-9(6-11(10)14)12(15)5-8-3-4-16-7-8/h1-4,6-7H,5H2. The fourth-order valence-corrected chi connectivity index (χ4v) is 1.47. The van der Waals surface area contributed by atoms with Crippen LogP contribution in [0.2, 0.25) is 5.02 Å². The molecule has 0 aliphatic heterocycles. The Morgan fingerprint density at radius 3 is 2.81 bits per heavy atom. The molecule has 0 spiro atoms. The van der Waals surface area contributed by atoms with Crippen LogP contribution < -0.4 is 0 Å². The van der Waals surface area contributed by atoms with Crippen LogP contribution in [0.5, 0.6) is 0 Å². The third-order valence-corrected chi connectivity index (χ3v) is 2.49. The summed E-state index contributed by atoms with van der Waals surface area (Å²) in [4.78, 5) is 11.7. The number of hydrogen-bond donors (Lipinski definition) is 0. The van der Waals surface area contributed by atoms with Crippen molar-refractivity contribution in [1.82, 2.24) is 0 Å². The van der Waals surface area contributed by atoms with Crippen molar-refractivity contribution in [3.05, 3.63) is 58.8 Å². The highest BCUT2D eigenvalue weighted by Crippen LogP contribution is 2.17. The molecule has 0 aliphatic rings. The van der Waals surface area contributed by atoms with Crippen LogP contribution in [0, 0.1) is 5.82 Å². The predicted molar refractivity (Wildman–Crippen MR) is 58.2 cm³/mol. The second-order valence-electron chi connectivity index (χ2n) is 3.36. The molecule has 2 nitrogen and oxygen atoms in total. The molecule has 0 unspecified atom stereocenters. The summed E-state index contributed by atoms with van der Waals surface area (Å²) in [5.41, 5.74) is 1.07. The van der Waals surface area contributed by atoms with Gasteiger partial charge >= 0.3 is 0 Å². The normalized spacial score (nSPS) is 10.4. The lowest BCUT2D eigenvalue weighted by Gasteiger charge is -2.00. The van der Waals surface area contributed by atoms with E-state index >= 15 is 0 Å². The molecule has 2 rings (SSSR count). The number of hydrogen-bond acceptors (Lipinski definition) is 2. The maximum atomic E-state index is 13.1. The second kappa shape index (κ2) is 4.49. The van der Waals surface area contributed by atoms with Gasteiger partial charge in [0.1, 0.15) is 5.82 Å². The Labute approximate surface area is 96.6 Å². The van der Waals surface area contributed by atoms with Gasteiger partial charge in [0.15, 0.2) is 5.78 Å². The maximum absolute atomic E-state index is 13.1. The van der Waals surface area contributed by atoms with E-state index in [4.69, 9.17) is 16.0 Å². The van der Waals surface area contributed by atoms with Gasteiger partial charge in [-0.15, -0.1) is 0 Å². The number of halogens is 2. The zero-order valence-corrected chi connectivity index (χ0v) is 9.00. The van der Waals surface area contributed by atoms with Crippen molar-refractivity contribution in [3.63, 3.8) is 0 Å². The fourth-order valence-electron chi connectivity index (χ4n) is 1.35. The third kappa shape index (κ3) is 2.31. The molecule has 16 heavy (non-hydrogen) atoms. The summed E-state index contributed by atoms with van der Waals surface area (Å²) in [5.74, 6) is -0.753. The van der Waals surface area contributed by atoms with Crippen LogP contribution >= 0.6 is 11.6 Å². The molecule has 0 radical (unpaired) electrons. The SMILES string of the molecule is O=C(Cc1ccoc1)c1ccc(Cl)c(F)c1. The lowest BCUT2D eigenvalue weighted by molar-refractivity contribution is 0.0992. The van der Waals surface area contributed by atoms with Crippen LogP contribution in [0.1, 0.15) is 15.9 Å². The lowest BCUT2D eigenvalue weighted by Crippen LogP contribution is -2.03. The minimum absolute atomic E-state index is 0.0138. The zero-order valence-electron chi connectivity index (χ0n) is 8.24. The summed E-state index contributed by atoms with van der Waals surface area (Å²) in [7, 11) is 0. The van der Waals surface area contributed by atoms with Gasteiger partial charge in [-0.1, -0.05) is 11.6 Å². The highest BCUT2D eigenvalue weighted by atomic mass is 35.5. The lowest BCUT2D eigenvalue weighted by atomic mass is 10.1. The number of furan rings is 1. The number of benzene rings is 1. The number of Topliss-reactive ketones (excluding diaryl/α,β-unsaturated/α-hetero) is 1. The van der Waals surface area contributed by atoms with E-state index < -0.39 is 5.82 Å². The molecule has 0 saturated carbocycles. The Morgan fingerprint density at radius 2 is 2.19 bits per heavy atom. The minimum Gasteiger partial charge on any atom is -0.472 e. The average molecular weight is 239 g/mol. The molecular formula is C12H8ClFO2. The Hall–Kier alpha value is -1.61. The van der Waals surface area contributed by atoms with E-state index in [0.717, 1.165) is 11.6 Å². The van der Waals surface area contributed by atoms with Gasteiger partial charge in [0.05, 0.1) is 17.5 Å². The van der Waals surface area contributed by atoms with Gasteiger partial charge < -0.3 is 4.42 Å². The molecular weight excluding hydrogens is 231 g/mol. The Bertz CT molecular complexity index is 506. The smallest absolute Gasteiger partial charge is 0.167 e. The van der Waals surface area contributed by atoms with Crippen molar-refractivity contribution in [3.8, 4) is 0 Å². The summed E-state index contributed by atoms with van der Waals surface area (Å²) in [6.45, 7) is 0. The zero-order chi connectivity index (χ0) is 11.5. The number of rotatable bonds is 3. The van der Waals surface area contributed by atoms with Crippen LogP contribution in [0.25, 0.3) is 0 Å². The first-order chi connectivity index (χ1) is 7.66. The summed E-state index contributed by atoms with van der Waals surface area (Å²) in [6, 6.07) is 5.72. The fraction of sp³-hybridized carbons (Fsp3) is 0.0833. The molecule has 0 bridgehead atoms. The molecule has 1 aromatic heterocycles. The molecule has 0 saturated heterocycles. The van der Waals surface area contributed by atoms with Crippen molar-refractivity contribution < 1.29 is 13.6 Å². The third-order valence-electron chi connectivity index (χ3n) is 2.19. The van der Waals surface area contributed by atoms with Gasteiger partial charge in [-0.05, 0) is 29.8 Å². The summed E-state index contributed by atoms with van der Waals surface area (Å²) < 4.78 is 18.0. The van der Waals surface area contributed by atoms with Crippen molar-refractivity contribution in [1.29, 1.82) is 0 Å². The number of carbonyl (C=O) groups is 1. The minimum atomic E-state index is -0.584. The van der Waals surface area contributed by atoms with Gasteiger partial charge in [0.2, 0.25) is 0 Å². The van der Waals surface area contributed by atoms with Gasteiger partial charge in [-0.25, -0.2) is 4.39 Å². The molecule has 82 valence electrons. The first kappa shape index (κ1) is 10.9. The van der Waals surface area contributed by atoms with E-state index in [2.05, 4.69) is 0 Å². The largest absolute Gasteiger partial charge is 0.472 e. The Kier molecular flexibility index (Phi) is 3.06. The van der Waals surface area contributed by atoms with E-state index in [0.29, 0.717) is 5.56 Å². The highest BCUT2D eigenvalue weighted by Gasteiger charge is 2.10. The highest BCUT2D eigenvalue weighted by molar-refractivity contribution is 6.30. The number of carbonyl (C=O) groups excluding carboxylic acids is 1. The van der Waals surface area contributed by atoms with Crippen LogP contribution in [0.3, 0.4) is 0 Å². The summed E-state index contributed by atoms with van der Waals surface area (Å²) in [6.07, 6.45) is 3.17. The Balaban J connectivity index is 2.18. The first-order valence-corrected chi connectivity index (χ1v) is 5.04. The van der Waals surface area contributed by atoms with E-state index in [9.17, 15) is 9.18 Å². The molecule has 1 aromatic carbocycles. The second-order valence-corrected chi connectivity index (χ2v) is 3.77. The predicted octanol–water partition coefficient (Wildman–Crippen LogP) is 3.50. The van der Waals surface area contributed by atoms with Crippen LogP contribution in [-0.4, -0.2) is 5.78 Å². The topological polar surface area (TPSA) is 30.2 Å². The quantitative estimate of drug-likeness (QED) is 0.766. The van der Waals surface area contributed by atoms with E-state index in [1.54, 1.807) is 6.07 Å². The Morgan fingerprint density at radius 1 is 1.38 bits per heavy atom. The average Bonchev–Trinajstić information content (AvgIpc) is 2.74. The van der Waals surface area contributed by atoms with Crippen LogP contribution in [0.4, 0.5) is 4.39 Å². The first-order valence-electron chi connectivity index (χ1n) is 4.66. The summed E-state index contributed by atoms with van der Waals surface area (Å²) in [5, 5.41) is 0.0138. The van der Waals surface area contributed by atoms with Crippen LogP contribution in [0.15, 0.2) is 41.2 Å². The molecule has 0 fully saturated rings. The van der Waals surface area contributed by atoms with Crippen molar-refractivity contribution >= 4 is 17.4 Å². The molecule has 4 heteroatoms. The van der Waals surface area contributed by atoms with Gasteiger partial charge in [-0.3, -0.25) is 4.79 Å². The molecule has 0 N–H and O–H groups in total. The molecule has 1 heterocycles. The molecule has 0 amide bonds. The monoisotopic (exact) mass is 238 g/mol. The van der Waals surface area contributed by atoms with E-state index in [1.165, 1.54) is 24.7 Å². The van der Waals surface area contributed by atoms with Crippen molar-refractivity contribution in [2.24, 2.45) is 0 Å². The molecule has 0 atom stereocenters. The van der Waals surface area contributed by atoms with Gasteiger partial charge in [-0.2, -0.15) is 0 Å². The maximum Gasteiger partial charge on any atom is 0.167 e. The van der Waals surface area contributed by atoms with E-state index in [1.807, 2.05) is 0 Å². The van der Waals surface area contributed by atoms with Gasteiger partial charge in [0, 0.05) is 12.0 Å². The van der Waals surface area contributed by atoms with Gasteiger partial charge in [0.25, 0.3) is 0 Å². The number of ketones is 1. The van der Waals surface area contributed by atoms with Crippen molar-refractivity contribution in [2.75, 3.05) is 0 Å². The molecule has 0 aliphatic carbocycles. The summed E-state index contributed by atoms with van der Waals surface area (Å²) >= 11 is 5.53.